The highest BCUT2D eigenvalue weighted by Gasteiger charge is 2.19. The highest BCUT2D eigenvalue weighted by atomic mass is 16.5. The Morgan fingerprint density at radius 1 is 1.12 bits per heavy atom. The first kappa shape index (κ1) is 18.2. The Morgan fingerprint density at radius 2 is 1.88 bits per heavy atom. The van der Waals surface area contributed by atoms with Crippen LogP contribution in [-0.2, 0) is 13.1 Å². The molecule has 26 heavy (non-hydrogen) atoms. The molecule has 0 spiro atoms. The molecule has 1 aliphatic rings. The number of piperazine rings is 1. The molecule has 138 valence electrons. The van der Waals surface area contributed by atoms with Crippen LogP contribution in [-0.4, -0.2) is 61.1 Å². The molecule has 2 aromatic rings. The van der Waals surface area contributed by atoms with Crippen LogP contribution in [0.15, 0.2) is 53.7 Å². The normalized spacial score (nSPS) is 15.8. The monoisotopic (exact) mass is 353 g/mol. The first-order valence-electron chi connectivity index (χ1n) is 8.99. The van der Waals surface area contributed by atoms with E-state index in [9.17, 15) is 0 Å². The number of ether oxygens (including phenoxy) is 1. The van der Waals surface area contributed by atoms with Crippen LogP contribution >= 0.6 is 0 Å². The summed E-state index contributed by atoms with van der Waals surface area (Å²) >= 11 is 0. The number of pyridine rings is 1. The molecular formula is C20H27N5O. The van der Waals surface area contributed by atoms with Crippen LogP contribution in [0.1, 0.15) is 11.1 Å². The molecule has 1 aliphatic heterocycles. The minimum absolute atomic E-state index is 0.633. The predicted octanol–water partition coefficient (Wildman–Crippen LogP) is 1.98. The zero-order valence-corrected chi connectivity index (χ0v) is 15.6. The maximum Gasteiger partial charge on any atom is 0.213 e. The van der Waals surface area contributed by atoms with Crippen molar-refractivity contribution in [1.82, 2.24) is 20.1 Å². The Balaban J connectivity index is 1.49. The fourth-order valence-electron chi connectivity index (χ4n) is 3.14. The molecule has 0 atom stereocenters. The van der Waals surface area contributed by atoms with Gasteiger partial charge in [0.25, 0.3) is 0 Å². The first-order valence-corrected chi connectivity index (χ1v) is 8.99. The van der Waals surface area contributed by atoms with Gasteiger partial charge in [-0.1, -0.05) is 30.3 Å². The number of hydrogen-bond donors (Lipinski definition) is 1. The number of hydrogen-bond acceptors (Lipinski definition) is 4. The third-order valence-corrected chi connectivity index (χ3v) is 4.59. The van der Waals surface area contributed by atoms with Gasteiger partial charge in [0.2, 0.25) is 5.88 Å². The summed E-state index contributed by atoms with van der Waals surface area (Å²) in [5, 5.41) is 3.45. The summed E-state index contributed by atoms with van der Waals surface area (Å²) in [4.78, 5) is 13.4. The van der Waals surface area contributed by atoms with E-state index >= 15 is 0 Å². The minimum Gasteiger partial charge on any atom is -0.481 e. The van der Waals surface area contributed by atoms with Crippen molar-refractivity contribution in [2.45, 2.75) is 13.1 Å². The van der Waals surface area contributed by atoms with E-state index in [-0.39, 0.29) is 0 Å². The Labute approximate surface area is 155 Å². The van der Waals surface area contributed by atoms with Gasteiger partial charge in [-0.25, -0.2) is 4.98 Å². The number of guanidine groups is 1. The van der Waals surface area contributed by atoms with Crippen LogP contribution in [0.25, 0.3) is 0 Å². The summed E-state index contributed by atoms with van der Waals surface area (Å²) in [5.74, 6) is 1.58. The van der Waals surface area contributed by atoms with E-state index in [4.69, 9.17) is 4.74 Å². The van der Waals surface area contributed by atoms with Gasteiger partial charge < -0.3 is 15.0 Å². The average molecular weight is 353 g/mol. The number of nitrogens with zero attached hydrogens (tertiary/aromatic N) is 4. The lowest BCUT2D eigenvalue weighted by molar-refractivity contribution is 0.172. The highest BCUT2D eigenvalue weighted by Crippen LogP contribution is 2.10. The lowest BCUT2D eigenvalue weighted by Crippen LogP contribution is -2.52. The van der Waals surface area contributed by atoms with E-state index < -0.39 is 0 Å². The van der Waals surface area contributed by atoms with Gasteiger partial charge in [0.1, 0.15) is 0 Å². The van der Waals surface area contributed by atoms with E-state index in [2.05, 4.69) is 55.4 Å². The Bertz CT molecular complexity index is 711. The molecule has 6 nitrogen and oxygen atoms in total. The van der Waals surface area contributed by atoms with Crippen molar-refractivity contribution < 1.29 is 4.74 Å². The first-order chi connectivity index (χ1) is 12.8. The molecule has 0 unspecified atom stereocenters. The topological polar surface area (TPSA) is 53.0 Å². The van der Waals surface area contributed by atoms with E-state index in [1.165, 1.54) is 5.56 Å². The van der Waals surface area contributed by atoms with Crippen molar-refractivity contribution in [3.05, 3.63) is 59.8 Å². The molecule has 0 saturated carbocycles. The number of benzene rings is 1. The van der Waals surface area contributed by atoms with Crippen molar-refractivity contribution in [3.8, 4) is 5.88 Å². The SMILES string of the molecule is CN=C(NCc1ccnc(OC)c1)N1CCN(Cc2ccccc2)CC1. The molecular weight excluding hydrogens is 326 g/mol. The molecule has 0 radical (unpaired) electrons. The van der Waals surface area contributed by atoms with Crippen molar-refractivity contribution in [2.75, 3.05) is 40.3 Å². The second-order valence-electron chi connectivity index (χ2n) is 6.36. The van der Waals surface area contributed by atoms with Crippen molar-refractivity contribution in [1.29, 1.82) is 0 Å². The second kappa shape index (κ2) is 9.20. The van der Waals surface area contributed by atoms with Crippen LogP contribution in [0.3, 0.4) is 0 Å². The van der Waals surface area contributed by atoms with Crippen LogP contribution in [0.5, 0.6) is 5.88 Å². The average Bonchev–Trinajstić information content (AvgIpc) is 2.70. The maximum atomic E-state index is 5.18. The molecule has 6 heteroatoms. The Hall–Kier alpha value is -2.60. The maximum absolute atomic E-state index is 5.18. The molecule has 2 heterocycles. The van der Waals surface area contributed by atoms with Gasteiger partial charge in [-0.2, -0.15) is 0 Å². The van der Waals surface area contributed by atoms with Crippen LogP contribution in [0.2, 0.25) is 0 Å². The molecule has 3 rings (SSSR count). The molecule has 0 amide bonds. The van der Waals surface area contributed by atoms with Gasteiger partial charge in [-0.05, 0) is 17.2 Å². The van der Waals surface area contributed by atoms with Gasteiger partial charge in [-0.3, -0.25) is 9.89 Å². The molecule has 1 aromatic carbocycles. The number of nitrogens with one attached hydrogen (secondary N) is 1. The highest BCUT2D eigenvalue weighted by molar-refractivity contribution is 5.80. The number of aliphatic imine (C=N–C) groups is 1. The van der Waals surface area contributed by atoms with Crippen LogP contribution < -0.4 is 10.1 Å². The van der Waals surface area contributed by atoms with Crippen LogP contribution in [0.4, 0.5) is 0 Å². The standard InChI is InChI=1S/C20H27N5O/c1-21-20(23-15-18-8-9-22-19(14-18)26-2)25-12-10-24(11-13-25)16-17-6-4-3-5-7-17/h3-9,14H,10-13,15-16H2,1-2H3,(H,21,23). The van der Waals surface area contributed by atoms with Gasteiger partial charge >= 0.3 is 0 Å². The number of methoxy groups -OCH3 is 1. The summed E-state index contributed by atoms with van der Waals surface area (Å²) in [6.07, 6.45) is 1.76. The Kier molecular flexibility index (Phi) is 6.44. The molecule has 1 fully saturated rings. The summed E-state index contributed by atoms with van der Waals surface area (Å²) < 4.78 is 5.18. The van der Waals surface area contributed by atoms with E-state index in [0.29, 0.717) is 12.4 Å². The lowest BCUT2D eigenvalue weighted by Gasteiger charge is -2.36. The number of aromatic nitrogens is 1. The van der Waals surface area contributed by atoms with E-state index in [0.717, 1.165) is 44.2 Å². The zero-order valence-electron chi connectivity index (χ0n) is 15.6. The van der Waals surface area contributed by atoms with E-state index in [1.54, 1.807) is 13.3 Å². The lowest BCUT2D eigenvalue weighted by atomic mass is 10.2. The smallest absolute Gasteiger partial charge is 0.213 e. The summed E-state index contributed by atoms with van der Waals surface area (Å²) in [7, 11) is 3.47. The molecule has 1 aromatic heterocycles. The van der Waals surface area contributed by atoms with Gasteiger partial charge in [0.15, 0.2) is 5.96 Å². The quantitative estimate of drug-likeness (QED) is 0.658. The van der Waals surface area contributed by atoms with Crippen molar-refractivity contribution in [2.24, 2.45) is 4.99 Å². The minimum atomic E-state index is 0.633. The number of rotatable bonds is 5. The predicted molar refractivity (Wildman–Crippen MR) is 104 cm³/mol. The van der Waals surface area contributed by atoms with Crippen LogP contribution in [0, 0.1) is 0 Å². The fourth-order valence-corrected chi connectivity index (χ4v) is 3.14. The largest absolute Gasteiger partial charge is 0.481 e. The zero-order chi connectivity index (χ0) is 18.2. The van der Waals surface area contributed by atoms with Crippen molar-refractivity contribution in [3.63, 3.8) is 0 Å². The second-order valence-corrected chi connectivity index (χ2v) is 6.36. The van der Waals surface area contributed by atoms with Crippen molar-refractivity contribution >= 4 is 5.96 Å². The molecule has 0 bridgehead atoms. The van der Waals surface area contributed by atoms with Gasteiger partial charge in [0.05, 0.1) is 7.11 Å². The van der Waals surface area contributed by atoms with Gasteiger partial charge in [-0.15, -0.1) is 0 Å². The molecule has 1 saturated heterocycles. The molecule has 1 N–H and O–H groups in total. The van der Waals surface area contributed by atoms with E-state index in [1.807, 2.05) is 19.2 Å². The third-order valence-electron chi connectivity index (χ3n) is 4.59. The summed E-state index contributed by atoms with van der Waals surface area (Å²) in [5.41, 5.74) is 2.50. The summed E-state index contributed by atoms with van der Waals surface area (Å²) in [6.45, 7) is 5.75. The molecule has 0 aliphatic carbocycles. The van der Waals surface area contributed by atoms with Gasteiger partial charge in [0, 0.05) is 58.6 Å². The Morgan fingerprint density at radius 3 is 2.58 bits per heavy atom. The summed E-state index contributed by atoms with van der Waals surface area (Å²) in [6, 6.07) is 14.6. The third kappa shape index (κ3) is 4.95. The fraction of sp³-hybridized carbons (Fsp3) is 0.400.